The normalized spacial score (nSPS) is 30.9. The highest BCUT2D eigenvalue weighted by Crippen LogP contribution is 2.48. The van der Waals surface area contributed by atoms with Gasteiger partial charge in [0.15, 0.2) is 5.78 Å². The standard InChI is InChI=1S/C28H28O4/c1-16-14-15-22(29)27(31)24(16)26-19-10-5-3-8-17(19)25(18-9-4-6-11-20(18)26)21-12-7-13-23(30)28(21,2)32/h3-11,13,16,21,23-24,30,32H,12,14-15H2,1-2H3. The zero-order chi connectivity index (χ0) is 22.6. The topological polar surface area (TPSA) is 74.6 Å². The van der Waals surface area contributed by atoms with Gasteiger partial charge in [0.2, 0.25) is 5.78 Å². The lowest BCUT2D eigenvalue weighted by atomic mass is 9.68. The van der Waals surface area contributed by atoms with E-state index in [-0.39, 0.29) is 23.4 Å². The van der Waals surface area contributed by atoms with Crippen LogP contribution in [0.5, 0.6) is 0 Å². The molecule has 0 aromatic heterocycles. The number of carbonyl (C=O) groups excluding carboxylic acids is 2. The van der Waals surface area contributed by atoms with Gasteiger partial charge >= 0.3 is 0 Å². The van der Waals surface area contributed by atoms with Crippen LogP contribution in [0.1, 0.15) is 56.1 Å². The summed E-state index contributed by atoms with van der Waals surface area (Å²) in [5.74, 6) is -1.30. The predicted molar refractivity (Wildman–Crippen MR) is 126 cm³/mol. The minimum Gasteiger partial charge on any atom is -0.386 e. The number of hydrogen-bond acceptors (Lipinski definition) is 4. The van der Waals surface area contributed by atoms with Gasteiger partial charge < -0.3 is 10.2 Å². The highest BCUT2D eigenvalue weighted by Gasteiger charge is 2.43. The SMILES string of the molecule is CC1CCC(=O)C(=O)C1c1c2ccccc2c(C2CC=CC(O)C2(C)O)c2ccccc12. The predicted octanol–water partition coefficient (Wildman–Crippen LogP) is 4.80. The average Bonchev–Trinajstić information content (AvgIpc) is 2.78. The minimum atomic E-state index is -1.33. The molecule has 4 heteroatoms. The van der Waals surface area contributed by atoms with Crippen LogP contribution < -0.4 is 0 Å². The van der Waals surface area contributed by atoms with Crippen molar-refractivity contribution in [3.63, 3.8) is 0 Å². The van der Waals surface area contributed by atoms with Gasteiger partial charge in [-0.1, -0.05) is 67.6 Å². The molecule has 0 spiro atoms. The smallest absolute Gasteiger partial charge is 0.206 e. The Labute approximate surface area is 187 Å². The number of rotatable bonds is 2. The summed E-state index contributed by atoms with van der Waals surface area (Å²) in [5.41, 5.74) is 0.568. The van der Waals surface area contributed by atoms with Crippen molar-refractivity contribution in [3.8, 4) is 0 Å². The van der Waals surface area contributed by atoms with Crippen LogP contribution in [0, 0.1) is 5.92 Å². The molecule has 0 aliphatic heterocycles. The highest BCUT2D eigenvalue weighted by atomic mass is 16.3. The fourth-order valence-corrected chi connectivity index (χ4v) is 5.80. The average molecular weight is 429 g/mol. The zero-order valence-corrected chi connectivity index (χ0v) is 18.4. The molecule has 0 radical (unpaired) electrons. The molecule has 0 heterocycles. The summed E-state index contributed by atoms with van der Waals surface area (Å²) in [6, 6.07) is 15.9. The van der Waals surface area contributed by atoms with Crippen molar-refractivity contribution in [1.29, 1.82) is 0 Å². The third-order valence-corrected chi connectivity index (χ3v) is 7.62. The van der Waals surface area contributed by atoms with E-state index in [4.69, 9.17) is 0 Å². The van der Waals surface area contributed by atoms with Gasteiger partial charge in [-0.05, 0) is 58.4 Å². The molecule has 0 bridgehead atoms. The first-order chi connectivity index (χ1) is 15.3. The first-order valence-corrected chi connectivity index (χ1v) is 11.4. The van der Waals surface area contributed by atoms with Crippen molar-refractivity contribution in [1.82, 2.24) is 0 Å². The Morgan fingerprint density at radius 2 is 1.44 bits per heavy atom. The maximum Gasteiger partial charge on any atom is 0.206 e. The summed E-state index contributed by atoms with van der Waals surface area (Å²) in [7, 11) is 0. The fourth-order valence-electron chi connectivity index (χ4n) is 5.80. The second-order valence-corrected chi connectivity index (χ2v) is 9.59. The Morgan fingerprint density at radius 3 is 2.00 bits per heavy atom. The van der Waals surface area contributed by atoms with Crippen molar-refractivity contribution in [3.05, 3.63) is 71.8 Å². The van der Waals surface area contributed by atoms with Crippen LogP contribution in [0.3, 0.4) is 0 Å². The Kier molecular flexibility index (Phi) is 5.03. The van der Waals surface area contributed by atoms with Gasteiger partial charge in [0, 0.05) is 12.3 Å². The molecule has 0 amide bonds. The van der Waals surface area contributed by atoms with Gasteiger partial charge in [0.1, 0.15) is 6.10 Å². The lowest BCUT2D eigenvalue weighted by molar-refractivity contribution is -0.140. The molecular formula is C28H28O4. The summed E-state index contributed by atoms with van der Waals surface area (Å²) < 4.78 is 0. The van der Waals surface area contributed by atoms with Crippen molar-refractivity contribution < 1.29 is 19.8 Å². The highest BCUT2D eigenvalue weighted by molar-refractivity contribution is 6.40. The Bertz CT molecular complexity index is 1210. The van der Waals surface area contributed by atoms with E-state index in [0.29, 0.717) is 19.3 Å². The first kappa shape index (κ1) is 21.0. The van der Waals surface area contributed by atoms with E-state index in [0.717, 1.165) is 32.7 Å². The molecule has 3 aromatic rings. The molecule has 0 saturated heterocycles. The Balaban J connectivity index is 1.88. The van der Waals surface area contributed by atoms with Crippen molar-refractivity contribution >= 4 is 33.1 Å². The van der Waals surface area contributed by atoms with Gasteiger partial charge in [-0.2, -0.15) is 0 Å². The van der Waals surface area contributed by atoms with Crippen LogP contribution >= 0.6 is 0 Å². The van der Waals surface area contributed by atoms with E-state index in [1.165, 1.54) is 0 Å². The minimum absolute atomic E-state index is 0.0698. The van der Waals surface area contributed by atoms with E-state index >= 15 is 0 Å². The lowest BCUT2D eigenvalue weighted by Crippen LogP contribution is -2.45. The number of ketones is 2. The second-order valence-electron chi connectivity index (χ2n) is 9.59. The van der Waals surface area contributed by atoms with Crippen LogP contribution in [0.2, 0.25) is 0 Å². The summed E-state index contributed by atoms with van der Waals surface area (Å²) in [6.45, 7) is 3.74. The fraction of sp³-hybridized carbons (Fsp3) is 0.357. The van der Waals surface area contributed by atoms with Crippen LogP contribution in [0.4, 0.5) is 0 Å². The maximum absolute atomic E-state index is 13.1. The Morgan fingerprint density at radius 1 is 0.906 bits per heavy atom. The first-order valence-electron chi connectivity index (χ1n) is 11.4. The quantitative estimate of drug-likeness (QED) is 0.349. The largest absolute Gasteiger partial charge is 0.386 e. The van der Waals surface area contributed by atoms with E-state index in [1.807, 2.05) is 54.6 Å². The number of allylic oxidation sites excluding steroid dienone is 1. The van der Waals surface area contributed by atoms with Crippen LogP contribution in [-0.2, 0) is 9.59 Å². The van der Waals surface area contributed by atoms with E-state index < -0.39 is 17.6 Å². The molecule has 5 unspecified atom stereocenters. The number of aliphatic hydroxyl groups excluding tert-OH is 1. The number of benzene rings is 3. The van der Waals surface area contributed by atoms with E-state index in [2.05, 4.69) is 6.92 Å². The number of hydrogen-bond donors (Lipinski definition) is 2. The molecule has 1 saturated carbocycles. The molecule has 2 aliphatic rings. The summed E-state index contributed by atoms with van der Waals surface area (Å²) >= 11 is 0. The molecule has 2 aliphatic carbocycles. The third kappa shape index (κ3) is 3.05. The molecule has 3 aromatic carbocycles. The summed E-state index contributed by atoms with van der Waals surface area (Å²) in [5, 5.41) is 25.7. The van der Waals surface area contributed by atoms with E-state index in [1.54, 1.807) is 13.0 Å². The Hall–Kier alpha value is -2.82. The number of carbonyl (C=O) groups is 2. The van der Waals surface area contributed by atoms with Crippen LogP contribution in [0.25, 0.3) is 21.5 Å². The molecular weight excluding hydrogens is 400 g/mol. The maximum atomic E-state index is 13.1. The van der Waals surface area contributed by atoms with Crippen molar-refractivity contribution in [2.45, 2.75) is 56.7 Å². The van der Waals surface area contributed by atoms with Gasteiger partial charge in [-0.15, -0.1) is 0 Å². The molecule has 1 fully saturated rings. The van der Waals surface area contributed by atoms with Crippen LogP contribution in [-0.4, -0.2) is 33.5 Å². The molecule has 4 nitrogen and oxygen atoms in total. The molecule has 5 rings (SSSR count). The monoisotopic (exact) mass is 428 g/mol. The summed E-state index contributed by atoms with van der Waals surface area (Å²) in [6.07, 6.45) is 4.25. The van der Waals surface area contributed by atoms with Gasteiger partial charge in [-0.25, -0.2) is 0 Å². The molecule has 32 heavy (non-hydrogen) atoms. The summed E-state index contributed by atoms with van der Waals surface area (Å²) in [4.78, 5) is 25.5. The lowest BCUT2D eigenvalue weighted by Gasteiger charge is -2.40. The van der Waals surface area contributed by atoms with E-state index in [9.17, 15) is 19.8 Å². The zero-order valence-electron chi connectivity index (χ0n) is 18.4. The molecule has 5 atom stereocenters. The van der Waals surface area contributed by atoms with Crippen molar-refractivity contribution in [2.24, 2.45) is 5.92 Å². The van der Waals surface area contributed by atoms with Crippen LogP contribution in [0.15, 0.2) is 60.7 Å². The van der Waals surface area contributed by atoms with Crippen molar-refractivity contribution in [2.75, 3.05) is 0 Å². The van der Waals surface area contributed by atoms with Gasteiger partial charge in [0.25, 0.3) is 0 Å². The number of Topliss-reactive ketones (excluding diaryl/α,β-unsaturated/α-hetero) is 2. The molecule has 164 valence electrons. The second kappa shape index (κ2) is 7.65. The number of fused-ring (bicyclic) bond motifs is 2. The van der Waals surface area contributed by atoms with Gasteiger partial charge in [0.05, 0.1) is 11.5 Å². The van der Waals surface area contributed by atoms with Gasteiger partial charge in [-0.3, -0.25) is 9.59 Å². The third-order valence-electron chi connectivity index (χ3n) is 7.62. The molecule has 2 N–H and O–H groups in total. The number of aliphatic hydroxyl groups is 2.